The van der Waals surface area contributed by atoms with Crippen molar-refractivity contribution in [2.45, 2.75) is 57.9 Å². The topological polar surface area (TPSA) is 117 Å². The molecule has 1 N–H and O–H groups in total. The van der Waals surface area contributed by atoms with Gasteiger partial charge in [0.15, 0.2) is 0 Å². The quantitative estimate of drug-likeness (QED) is 0.0890. The van der Waals surface area contributed by atoms with Gasteiger partial charge >= 0.3 is 5.69 Å². The van der Waals surface area contributed by atoms with Gasteiger partial charge in [-0.2, -0.15) is 10.2 Å². The first-order valence-electron chi connectivity index (χ1n) is 19.5. The number of aromatic nitrogens is 6. The van der Waals surface area contributed by atoms with Crippen LogP contribution in [0.3, 0.4) is 0 Å². The Balaban J connectivity index is 0.910. The molecule has 2 fully saturated rings. The number of halogens is 3. The lowest BCUT2D eigenvalue weighted by molar-refractivity contribution is -0.0206. The second-order valence-electron chi connectivity index (χ2n) is 15.2. The number of nitrogens with zero attached hydrogens (tertiary/aromatic N) is 8. The maximum Gasteiger partial charge on any atom is 0.350 e. The summed E-state index contributed by atoms with van der Waals surface area (Å²) in [6, 6.07) is 19.5. The van der Waals surface area contributed by atoms with E-state index in [1.165, 1.54) is 18.5 Å². The summed E-state index contributed by atoms with van der Waals surface area (Å²) < 4.78 is 52.0. The van der Waals surface area contributed by atoms with Gasteiger partial charge in [-0.05, 0) is 92.1 Å². The lowest BCUT2D eigenvalue weighted by Crippen LogP contribution is -2.46. The summed E-state index contributed by atoms with van der Waals surface area (Å²) in [5.41, 5.74) is 2.05. The van der Waals surface area contributed by atoms with E-state index in [0.717, 1.165) is 61.5 Å². The van der Waals surface area contributed by atoms with Crippen LogP contribution in [0.4, 0.5) is 20.2 Å². The van der Waals surface area contributed by atoms with E-state index in [4.69, 9.17) is 26.0 Å². The Morgan fingerprint density at radius 1 is 0.930 bits per heavy atom. The molecule has 0 aliphatic carbocycles. The number of anilines is 2. The molecule has 2 saturated heterocycles. The molecule has 0 bridgehead atoms. The molecule has 0 saturated carbocycles. The third kappa shape index (κ3) is 9.33. The number of ether oxygens (including phenoxy) is 3. The predicted molar refractivity (Wildman–Crippen MR) is 214 cm³/mol. The molecule has 4 atom stereocenters. The van der Waals surface area contributed by atoms with E-state index in [9.17, 15) is 9.18 Å². The third-order valence-corrected chi connectivity index (χ3v) is 11.1. The van der Waals surface area contributed by atoms with Crippen molar-refractivity contribution in [3.8, 4) is 11.4 Å². The Labute approximate surface area is 336 Å². The van der Waals surface area contributed by atoms with E-state index in [1.807, 2.05) is 31.2 Å². The fourth-order valence-electron chi connectivity index (χ4n) is 8.03. The van der Waals surface area contributed by atoms with E-state index in [0.29, 0.717) is 38.3 Å². The molecule has 13 nitrogen and oxygen atoms in total. The van der Waals surface area contributed by atoms with E-state index < -0.39 is 17.2 Å². The van der Waals surface area contributed by atoms with Crippen molar-refractivity contribution >= 4 is 23.2 Å². The predicted octanol–water partition coefficient (Wildman–Crippen LogP) is 5.98. The molecule has 0 radical (unpaired) electrons. The maximum absolute atomic E-state index is 15.0. The van der Waals surface area contributed by atoms with Gasteiger partial charge in [0, 0.05) is 68.3 Å². The van der Waals surface area contributed by atoms with Crippen LogP contribution >= 0.6 is 11.8 Å². The van der Waals surface area contributed by atoms with E-state index >= 15 is 4.39 Å². The molecule has 0 spiro atoms. The van der Waals surface area contributed by atoms with Crippen molar-refractivity contribution in [1.82, 2.24) is 33.9 Å². The normalized spacial score (nSPS) is 19.7. The summed E-state index contributed by atoms with van der Waals surface area (Å²) in [6.07, 6.45) is 5.61. The fraction of sp³-hybridized carbons (Fsp3) is 0.463. The van der Waals surface area contributed by atoms with Crippen LogP contribution in [0.25, 0.3) is 5.69 Å². The van der Waals surface area contributed by atoms with Gasteiger partial charge in [0.2, 0.25) is 0 Å². The Kier molecular flexibility index (Phi) is 12.9. The first-order chi connectivity index (χ1) is 27.6. The van der Waals surface area contributed by atoms with E-state index in [-0.39, 0.29) is 36.2 Å². The monoisotopic (exact) mass is 805 g/mol. The molecule has 3 aromatic carbocycles. The number of nitrogens with one attached hydrogen (secondary N) is 1. The summed E-state index contributed by atoms with van der Waals surface area (Å²) in [5, 5.41) is 8.69. The van der Waals surface area contributed by atoms with Crippen LogP contribution in [0.15, 0.2) is 90.5 Å². The molecule has 7 rings (SSSR count). The van der Waals surface area contributed by atoms with Crippen molar-refractivity contribution in [2.24, 2.45) is 11.8 Å². The van der Waals surface area contributed by atoms with Crippen LogP contribution < -0.4 is 25.1 Å². The number of hydrogen-bond acceptors (Lipinski definition) is 10. The number of piperazine rings is 1. The van der Waals surface area contributed by atoms with Gasteiger partial charge < -0.3 is 24.0 Å². The Morgan fingerprint density at radius 2 is 1.61 bits per heavy atom. The molecular formula is C41H50ClF2N9O4. The molecule has 4 heterocycles. The van der Waals surface area contributed by atoms with E-state index in [2.05, 4.69) is 67.9 Å². The van der Waals surface area contributed by atoms with Gasteiger partial charge in [0.1, 0.15) is 42.0 Å². The molecule has 2 aliphatic heterocycles. The van der Waals surface area contributed by atoms with Crippen LogP contribution in [0.5, 0.6) is 5.75 Å². The minimum atomic E-state index is -1.02. The Morgan fingerprint density at radius 3 is 2.25 bits per heavy atom. The summed E-state index contributed by atoms with van der Waals surface area (Å²) >= 11 is 5.56. The summed E-state index contributed by atoms with van der Waals surface area (Å²) in [6.45, 7) is 11.7. The standard InChI is InChI=1S/C41H50ClF2N9O4/c1-29(2)39(30(3)55-20-4-15-46-42)53-40(54)52(28-48-53)35-8-6-33(7-9-35)49-16-18-50(19-17-49)34-10-12-36(13-11-34)56-23-31-22-41(57-24-31,25-51-27-45-26-47-51)37-14-5-32(43)21-38(37)44/h5-14,21,26-31,39,46H,4,15-20,22-25H2,1-3H3. The Bertz CT molecular complexity index is 2090. The van der Waals surface area contributed by atoms with E-state index in [1.54, 1.807) is 26.6 Å². The fourth-order valence-corrected chi connectivity index (χ4v) is 8.16. The van der Waals surface area contributed by atoms with Crippen LogP contribution in [0.1, 0.15) is 45.2 Å². The highest BCUT2D eigenvalue weighted by Gasteiger charge is 2.44. The minimum absolute atomic E-state index is 0.0144. The van der Waals surface area contributed by atoms with Gasteiger partial charge in [-0.3, -0.25) is 0 Å². The average molecular weight is 806 g/mol. The van der Waals surface area contributed by atoms with Gasteiger partial charge in [0.05, 0.1) is 37.6 Å². The van der Waals surface area contributed by atoms with Crippen molar-refractivity contribution in [3.05, 3.63) is 113 Å². The molecule has 5 aromatic rings. The van der Waals surface area contributed by atoms with Crippen LogP contribution in [0, 0.1) is 23.5 Å². The highest BCUT2D eigenvalue weighted by atomic mass is 35.5. The molecular weight excluding hydrogens is 756 g/mol. The average Bonchev–Trinajstić information content (AvgIpc) is 3.97. The van der Waals surface area contributed by atoms with Crippen LogP contribution in [-0.2, 0) is 21.6 Å². The summed E-state index contributed by atoms with van der Waals surface area (Å²) in [5.74, 6) is -0.422. The van der Waals surface area contributed by atoms with Gasteiger partial charge in [-0.15, -0.1) is 0 Å². The summed E-state index contributed by atoms with van der Waals surface area (Å²) in [4.78, 5) is 24.9. The molecule has 16 heteroatoms. The molecule has 57 heavy (non-hydrogen) atoms. The van der Waals surface area contributed by atoms with Gasteiger partial charge in [0.25, 0.3) is 0 Å². The second kappa shape index (κ2) is 18.2. The SMILES string of the molecule is CC(C)C(C(C)OCCCNCl)n1ncn(-c2ccc(N3CCN(c4ccc(OCC5COC(Cn6cncn6)(c6ccc(F)cc6F)C5)cc4)CC3)cc2)c1=O. The maximum atomic E-state index is 15.0. The second-order valence-corrected chi connectivity index (χ2v) is 15.4. The minimum Gasteiger partial charge on any atom is -0.493 e. The van der Waals surface area contributed by atoms with Crippen molar-refractivity contribution in [1.29, 1.82) is 0 Å². The van der Waals surface area contributed by atoms with Crippen LogP contribution in [0.2, 0.25) is 0 Å². The summed E-state index contributed by atoms with van der Waals surface area (Å²) in [7, 11) is 0. The molecule has 0 amide bonds. The number of hydrogen-bond donors (Lipinski definition) is 1. The number of rotatable bonds is 17. The highest BCUT2D eigenvalue weighted by molar-refractivity contribution is 6.13. The largest absolute Gasteiger partial charge is 0.493 e. The lowest BCUT2D eigenvalue weighted by Gasteiger charge is -2.37. The zero-order chi connectivity index (χ0) is 39.9. The smallest absolute Gasteiger partial charge is 0.350 e. The van der Waals surface area contributed by atoms with Crippen molar-refractivity contribution < 1.29 is 23.0 Å². The van der Waals surface area contributed by atoms with Gasteiger partial charge in [-0.25, -0.2) is 37.3 Å². The van der Waals surface area contributed by atoms with Crippen LogP contribution in [-0.4, -0.2) is 87.8 Å². The molecule has 2 aromatic heterocycles. The Hall–Kier alpha value is -4.83. The lowest BCUT2D eigenvalue weighted by atomic mass is 9.87. The first-order valence-corrected chi connectivity index (χ1v) is 19.9. The van der Waals surface area contributed by atoms with Crippen molar-refractivity contribution in [3.63, 3.8) is 0 Å². The third-order valence-electron chi connectivity index (χ3n) is 10.9. The zero-order valence-electron chi connectivity index (χ0n) is 32.5. The van der Waals surface area contributed by atoms with Gasteiger partial charge in [-0.1, -0.05) is 19.9 Å². The van der Waals surface area contributed by atoms with Crippen molar-refractivity contribution in [2.75, 3.05) is 62.3 Å². The molecule has 2 aliphatic rings. The zero-order valence-corrected chi connectivity index (χ0v) is 33.3. The first kappa shape index (κ1) is 40.4. The molecule has 304 valence electrons. The highest BCUT2D eigenvalue weighted by Crippen LogP contribution is 2.42. The molecule has 4 unspecified atom stereocenters. The number of benzene rings is 3.